The Labute approximate surface area is 198 Å². The number of pyridine rings is 1. The number of hydrogen-bond donors (Lipinski definition) is 3. The summed E-state index contributed by atoms with van der Waals surface area (Å²) in [5, 5.41) is 3.32. The van der Waals surface area contributed by atoms with Crippen LogP contribution in [0.3, 0.4) is 0 Å². The molecule has 5 rings (SSSR count). The summed E-state index contributed by atoms with van der Waals surface area (Å²) in [5.41, 5.74) is 12.7. The first kappa shape index (κ1) is 23.0. The van der Waals surface area contributed by atoms with Gasteiger partial charge in [0.2, 0.25) is 11.8 Å². The van der Waals surface area contributed by atoms with Crippen LogP contribution in [-0.4, -0.2) is 21.5 Å². The molecule has 1 fully saturated rings. The largest absolute Gasteiger partial charge is 0.438 e. The summed E-state index contributed by atoms with van der Waals surface area (Å²) in [7, 11) is 0. The van der Waals surface area contributed by atoms with Crippen molar-refractivity contribution in [1.29, 1.82) is 0 Å². The van der Waals surface area contributed by atoms with E-state index in [2.05, 4.69) is 10.3 Å². The van der Waals surface area contributed by atoms with Crippen molar-refractivity contribution in [2.24, 2.45) is 5.73 Å². The number of amides is 1. The Morgan fingerprint density at radius 1 is 1.26 bits per heavy atom. The Balaban J connectivity index is 1.68. The highest BCUT2D eigenvalue weighted by molar-refractivity contribution is 6.04. The van der Waals surface area contributed by atoms with Gasteiger partial charge in [0.05, 0.1) is 17.7 Å². The third-order valence-electron chi connectivity index (χ3n) is 6.24. The number of benzene rings is 2. The van der Waals surface area contributed by atoms with Crippen molar-refractivity contribution in [3.05, 3.63) is 57.7 Å². The fraction of sp³-hybridized carbons (Fsp3) is 0.320. The van der Waals surface area contributed by atoms with Crippen LogP contribution in [0.25, 0.3) is 33.1 Å². The molecule has 10 heteroatoms. The number of nitrogens with one attached hydrogen (secondary N) is 1. The number of halogens is 2. The third kappa shape index (κ3) is 4.03. The lowest BCUT2D eigenvalue weighted by molar-refractivity contribution is -0.121. The van der Waals surface area contributed by atoms with Crippen LogP contribution in [0.4, 0.5) is 14.5 Å². The van der Waals surface area contributed by atoms with E-state index in [0.29, 0.717) is 22.0 Å². The Morgan fingerprint density at radius 3 is 2.69 bits per heavy atom. The molecule has 0 bridgehead atoms. The predicted molar refractivity (Wildman–Crippen MR) is 129 cm³/mol. The first-order chi connectivity index (χ1) is 16.7. The Morgan fingerprint density at radius 2 is 2.00 bits per heavy atom. The topological polar surface area (TPSA) is 129 Å². The highest BCUT2D eigenvalue weighted by atomic mass is 19.1. The minimum atomic E-state index is -0.720. The van der Waals surface area contributed by atoms with E-state index < -0.39 is 11.6 Å². The van der Waals surface area contributed by atoms with Crippen LogP contribution in [0.5, 0.6) is 0 Å². The number of carbonyl (C=O) groups excluding carboxylic acids is 1. The van der Waals surface area contributed by atoms with Gasteiger partial charge in [0.15, 0.2) is 11.1 Å². The molecular formula is C25H25F2N5O3. The molecule has 1 atom stereocenters. The number of aryl methyl sites for hydroxylation is 1. The zero-order valence-electron chi connectivity index (χ0n) is 19.3. The molecule has 0 spiro atoms. The van der Waals surface area contributed by atoms with E-state index in [1.54, 1.807) is 30.5 Å². The standard InChI is InChI=1S/C25H25F2N5O3/c1-11(28)7-20(33)30-10-21-31-22-24(35-21)15-6-5-14(16-8-18(27)19(29)9-17(16)26)12(2)23(15)32(25(22)34)13-3-4-13/h5-6,8-9,11,13H,3-4,7,10,28-29H2,1-2H3,(H,30,33)/t11-/m1/s1. The Kier molecular flexibility index (Phi) is 5.55. The lowest BCUT2D eigenvalue weighted by atomic mass is 9.96. The van der Waals surface area contributed by atoms with Gasteiger partial charge in [0, 0.05) is 35.5 Å². The van der Waals surface area contributed by atoms with Gasteiger partial charge in [-0.05, 0) is 49.9 Å². The minimum Gasteiger partial charge on any atom is -0.438 e. The molecule has 1 aliphatic carbocycles. The molecule has 2 aromatic carbocycles. The van der Waals surface area contributed by atoms with Crippen LogP contribution < -0.4 is 22.3 Å². The summed E-state index contributed by atoms with van der Waals surface area (Å²) in [6.45, 7) is 3.51. The van der Waals surface area contributed by atoms with Crippen molar-refractivity contribution in [2.45, 2.75) is 51.7 Å². The third-order valence-corrected chi connectivity index (χ3v) is 6.24. The molecule has 0 aliphatic heterocycles. The summed E-state index contributed by atoms with van der Waals surface area (Å²) in [6.07, 6.45) is 1.81. The monoisotopic (exact) mass is 481 g/mol. The Hall–Kier alpha value is -3.79. The average molecular weight is 482 g/mol. The van der Waals surface area contributed by atoms with Gasteiger partial charge in [-0.2, -0.15) is 0 Å². The number of nitrogens with zero attached hydrogens (tertiary/aromatic N) is 2. The van der Waals surface area contributed by atoms with Crippen molar-refractivity contribution in [3.8, 4) is 11.1 Å². The van der Waals surface area contributed by atoms with E-state index in [1.165, 1.54) is 0 Å². The fourth-order valence-electron chi connectivity index (χ4n) is 4.46. The van der Waals surface area contributed by atoms with Crippen molar-refractivity contribution >= 4 is 33.6 Å². The number of nitrogen functional groups attached to an aromatic ring is 1. The summed E-state index contributed by atoms with van der Waals surface area (Å²) < 4.78 is 36.5. The predicted octanol–water partition coefficient (Wildman–Crippen LogP) is 3.67. The van der Waals surface area contributed by atoms with Gasteiger partial charge >= 0.3 is 0 Å². The van der Waals surface area contributed by atoms with Crippen molar-refractivity contribution < 1.29 is 18.0 Å². The van der Waals surface area contributed by atoms with Crippen molar-refractivity contribution in [1.82, 2.24) is 14.9 Å². The number of carbonyl (C=O) groups is 1. The van der Waals surface area contributed by atoms with Gasteiger partial charge < -0.3 is 25.8 Å². The first-order valence-electron chi connectivity index (χ1n) is 11.4. The number of fused-ring (bicyclic) bond motifs is 3. The molecule has 1 saturated carbocycles. The molecule has 2 heterocycles. The van der Waals surface area contributed by atoms with E-state index in [0.717, 1.165) is 25.0 Å². The van der Waals surface area contributed by atoms with Crippen LogP contribution in [-0.2, 0) is 11.3 Å². The fourth-order valence-corrected chi connectivity index (χ4v) is 4.46. The smallest absolute Gasteiger partial charge is 0.281 e. The Bertz CT molecular complexity index is 1550. The zero-order chi connectivity index (χ0) is 25.0. The molecule has 35 heavy (non-hydrogen) atoms. The summed E-state index contributed by atoms with van der Waals surface area (Å²) >= 11 is 0. The zero-order valence-corrected chi connectivity index (χ0v) is 19.3. The van der Waals surface area contributed by atoms with Gasteiger partial charge in [0.1, 0.15) is 11.6 Å². The van der Waals surface area contributed by atoms with Gasteiger partial charge in [-0.1, -0.05) is 6.07 Å². The molecule has 8 nitrogen and oxygen atoms in total. The normalized spacial score (nSPS) is 14.5. The molecule has 0 unspecified atom stereocenters. The average Bonchev–Trinajstić information content (AvgIpc) is 3.53. The number of aromatic nitrogens is 2. The van der Waals surface area contributed by atoms with E-state index >= 15 is 0 Å². The van der Waals surface area contributed by atoms with Crippen LogP contribution in [0.2, 0.25) is 0 Å². The highest BCUT2D eigenvalue weighted by Crippen LogP contribution is 2.41. The summed E-state index contributed by atoms with van der Waals surface area (Å²) in [5.74, 6) is -1.43. The lowest BCUT2D eigenvalue weighted by Gasteiger charge is -2.16. The highest BCUT2D eigenvalue weighted by Gasteiger charge is 2.30. The van der Waals surface area contributed by atoms with Crippen molar-refractivity contribution in [2.75, 3.05) is 5.73 Å². The van der Waals surface area contributed by atoms with Gasteiger partial charge in [-0.15, -0.1) is 0 Å². The molecule has 1 amide bonds. The summed E-state index contributed by atoms with van der Waals surface area (Å²) in [6, 6.07) is 5.10. The second kappa shape index (κ2) is 8.46. The minimum absolute atomic E-state index is 0.0115. The van der Waals surface area contributed by atoms with E-state index in [9.17, 15) is 18.4 Å². The van der Waals surface area contributed by atoms with Gasteiger partial charge in [-0.3, -0.25) is 9.59 Å². The molecule has 4 aromatic rings. The maximum absolute atomic E-state index is 14.7. The molecule has 0 radical (unpaired) electrons. The SMILES string of the molecule is Cc1c(-c2cc(F)c(N)cc2F)ccc2c3oc(CNC(=O)C[C@@H](C)N)nc3c(=O)n(C3CC3)c12. The second-order valence-corrected chi connectivity index (χ2v) is 9.14. The molecule has 5 N–H and O–H groups in total. The molecule has 2 aromatic heterocycles. The van der Waals surface area contributed by atoms with Gasteiger partial charge in [-0.25, -0.2) is 13.8 Å². The first-order valence-corrected chi connectivity index (χ1v) is 11.4. The maximum atomic E-state index is 14.7. The number of rotatable bonds is 6. The van der Waals surface area contributed by atoms with Crippen LogP contribution >= 0.6 is 0 Å². The number of hydrogen-bond acceptors (Lipinski definition) is 6. The quantitative estimate of drug-likeness (QED) is 0.361. The number of oxazole rings is 1. The number of nitrogens with two attached hydrogens (primary N) is 2. The van der Waals surface area contributed by atoms with E-state index in [-0.39, 0.29) is 64.8 Å². The van der Waals surface area contributed by atoms with Crippen LogP contribution in [0.15, 0.2) is 33.5 Å². The second-order valence-electron chi connectivity index (χ2n) is 9.14. The number of anilines is 1. The maximum Gasteiger partial charge on any atom is 0.281 e. The molecule has 1 aliphatic rings. The van der Waals surface area contributed by atoms with E-state index in [4.69, 9.17) is 15.9 Å². The van der Waals surface area contributed by atoms with Crippen LogP contribution in [0.1, 0.15) is 43.7 Å². The molecule has 0 saturated heterocycles. The summed E-state index contributed by atoms with van der Waals surface area (Å²) in [4.78, 5) is 29.8. The molecule has 182 valence electrons. The van der Waals surface area contributed by atoms with Crippen molar-refractivity contribution in [3.63, 3.8) is 0 Å². The molecular weight excluding hydrogens is 456 g/mol. The van der Waals surface area contributed by atoms with Gasteiger partial charge in [0.25, 0.3) is 5.56 Å². The lowest BCUT2D eigenvalue weighted by Crippen LogP contribution is -2.29. The van der Waals surface area contributed by atoms with E-state index in [1.807, 2.05) is 0 Å². The van der Waals surface area contributed by atoms with Crippen LogP contribution in [0, 0.1) is 18.6 Å².